The molecule has 9 heteroatoms. The van der Waals surface area contributed by atoms with Crippen molar-refractivity contribution in [3.8, 4) is 0 Å². The molecule has 1 saturated heterocycles. The van der Waals surface area contributed by atoms with Gasteiger partial charge in [-0.1, -0.05) is 23.4 Å². The number of piperazine rings is 1. The molecular weight excluding hydrogens is 388 g/mol. The molecule has 2 aromatic rings. The van der Waals surface area contributed by atoms with Crippen LogP contribution in [0.4, 0.5) is 5.69 Å². The lowest BCUT2D eigenvalue weighted by molar-refractivity contribution is -0.384. The monoisotopic (exact) mass is 406 g/mol. The third-order valence-corrected chi connectivity index (χ3v) is 5.56. The minimum absolute atomic E-state index is 0.112. The lowest BCUT2D eigenvalue weighted by atomic mass is 10.2. The zero-order valence-corrected chi connectivity index (χ0v) is 16.3. The quantitative estimate of drug-likeness (QED) is 0.606. The van der Waals surface area contributed by atoms with E-state index in [-0.39, 0.29) is 17.2 Å². The van der Waals surface area contributed by atoms with Crippen molar-refractivity contribution in [2.45, 2.75) is 9.79 Å². The van der Waals surface area contributed by atoms with Crippen LogP contribution in [0.2, 0.25) is 5.02 Å². The number of nitro benzene ring substituents is 1. The summed E-state index contributed by atoms with van der Waals surface area (Å²) in [4.78, 5) is 27.2. The summed E-state index contributed by atoms with van der Waals surface area (Å²) in [6.07, 6.45) is 0. The molecule has 0 aliphatic carbocycles. The van der Waals surface area contributed by atoms with E-state index in [9.17, 15) is 14.9 Å². The van der Waals surface area contributed by atoms with Crippen molar-refractivity contribution in [2.75, 3.05) is 33.2 Å². The Kier molecular flexibility index (Phi) is 6.33. The highest BCUT2D eigenvalue weighted by atomic mass is 35.5. The van der Waals surface area contributed by atoms with E-state index in [1.165, 1.54) is 23.9 Å². The van der Waals surface area contributed by atoms with Crippen LogP contribution >= 0.6 is 23.4 Å². The zero-order valence-electron chi connectivity index (χ0n) is 14.7. The molecule has 1 amide bonds. The maximum absolute atomic E-state index is 12.8. The Morgan fingerprint density at radius 1 is 1.15 bits per heavy atom. The van der Waals surface area contributed by atoms with Gasteiger partial charge in [0.1, 0.15) is 0 Å². The van der Waals surface area contributed by atoms with E-state index in [4.69, 9.17) is 11.6 Å². The summed E-state index contributed by atoms with van der Waals surface area (Å²) < 4.78 is 0. The number of hydrogen-bond acceptors (Lipinski definition) is 6. The van der Waals surface area contributed by atoms with E-state index >= 15 is 0 Å². The average molecular weight is 407 g/mol. The number of carbonyl (C=O) groups is 1. The number of nitrogens with zero attached hydrogens (tertiary/aromatic N) is 3. The number of likely N-dealkylation sites (N-methyl/N-ethyl adjacent to an activating group) is 1. The molecular formula is C18H19ClN4O3S. The maximum Gasteiger partial charge on any atom is 0.270 e. The molecule has 27 heavy (non-hydrogen) atoms. The second kappa shape index (κ2) is 8.71. The van der Waals surface area contributed by atoms with Crippen LogP contribution in [0.1, 0.15) is 10.4 Å². The highest BCUT2D eigenvalue weighted by Gasteiger charge is 2.21. The SMILES string of the molecule is CN1CCN(NC(=O)c2cc([N+](=O)[O-])ccc2Sc2ccc(Cl)cc2)CC1. The normalized spacial score (nSPS) is 15.5. The highest BCUT2D eigenvalue weighted by molar-refractivity contribution is 7.99. The summed E-state index contributed by atoms with van der Waals surface area (Å²) in [5, 5.41) is 13.6. The number of benzene rings is 2. The van der Waals surface area contributed by atoms with Crippen LogP contribution in [-0.2, 0) is 0 Å². The largest absolute Gasteiger partial charge is 0.304 e. The van der Waals surface area contributed by atoms with Gasteiger partial charge in [-0.25, -0.2) is 5.01 Å². The Hall–Kier alpha value is -2.13. The summed E-state index contributed by atoms with van der Waals surface area (Å²) in [7, 11) is 2.03. The Labute approximate surface area is 166 Å². The molecule has 1 fully saturated rings. The molecule has 1 heterocycles. The minimum Gasteiger partial charge on any atom is -0.304 e. The first-order chi connectivity index (χ1) is 12.9. The number of amides is 1. The van der Waals surface area contributed by atoms with Crippen molar-refractivity contribution in [1.29, 1.82) is 0 Å². The number of non-ortho nitro benzene ring substituents is 1. The van der Waals surface area contributed by atoms with Gasteiger partial charge in [-0.15, -0.1) is 0 Å². The van der Waals surface area contributed by atoms with Crippen molar-refractivity contribution in [1.82, 2.24) is 15.3 Å². The fourth-order valence-electron chi connectivity index (χ4n) is 2.65. The first-order valence-electron chi connectivity index (χ1n) is 8.39. The summed E-state index contributed by atoms with van der Waals surface area (Å²) in [6.45, 7) is 3.11. The lowest BCUT2D eigenvalue weighted by Crippen LogP contribution is -2.52. The minimum atomic E-state index is -0.497. The van der Waals surface area contributed by atoms with Gasteiger partial charge in [0.25, 0.3) is 11.6 Å². The van der Waals surface area contributed by atoms with Crippen LogP contribution in [0.15, 0.2) is 52.3 Å². The zero-order chi connectivity index (χ0) is 19.4. The topological polar surface area (TPSA) is 78.7 Å². The third-order valence-electron chi connectivity index (χ3n) is 4.22. The molecule has 2 aromatic carbocycles. The average Bonchev–Trinajstić information content (AvgIpc) is 2.65. The second-order valence-corrected chi connectivity index (χ2v) is 7.78. The standard InChI is InChI=1S/C18H19ClN4O3S/c1-21-8-10-22(11-9-21)20-18(24)16-12-14(23(25)26)4-7-17(16)27-15-5-2-13(19)3-6-15/h2-7,12H,8-11H2,1H3,(H,20,24). The Morgan fingerprint density at radius 3 is 2.44 bits per heavy atom. The number of rotatable bonds is 5. The summed E-state index contributed by atoms with van der Waals surface area (Å²) in [5.41, 5.74) is 3.04. The molecule has 0 unspecified atom stereocenters. The molecule has 0 atom stereocenters. The van der Waals surface area contributed by atoms with E-state index < -0.39 is 4.92 Å². The first kappa shape index (κ1) is 19.6. The van der Waals surface area contributed by atoms with E-state index in [1.54, 1.807) is 18.2 Å². The van der Waals surface area contributed by atoms with Gasteiger partial charge in [-0.3, -0.25) is 20.3 Å². The molecule has 0 saturated carbocycles. The summed E-state index contributed by atoms with van der Waals surface area (Å²) in [5.74, 6) is -0.347. The van der Waals surface area contributed by atoms with Gasteiger partial charge in [0.15, 0.2) is 0 Å². The van der Waals surface area contributed by atoms with E-state index in [0.717, 1.165) is 18.0 Å². The smallest absolute Gasteiger partial charge is 0.270 e. The highest BCUT2D eigenvalue weighted by Crippen LogP contribution is 2.33. The Balaban J connectivity index is 1.83. The van der Waals surface area contributed by atoms with Gasteiger partial charge in [-0.2, -0.15) is 0 Å². The molecule has 0 bridgehead atoms. The van der Waals surface area contributed by atoms with Crippen molar-refractivity contribution >= 4 is 35.0 Å². The number of nitrogens with one attached hydrogen (secondary N) is 1. The molecule has 1 N–H and O–H groups in total. The van der Waals surface area contributed by atoms with Crippen molar-refractivity contribution in [3.63, 3.8) is 0 Å². The lowest BCUT2D eigenvalue weighted by Gasteiger charge is -2.32. The molecule has 3 rings (SSSR count). The fraction of sp³-hybridized carbons (Fsp3) is 0.278. The van der Waals surface area contributed by atoms with Crippen LogP contribution in [0.5, 0.6) is 0 Å². The van der Waals surface area contributed by atoms with Gasteiger partial charge in [0, 0.05) is 53.1 Å². The Bertz CT molecular complexity index is 839. The van der Waals surface area contributed by atoms with Crippen LogP contribution < -0.4 is 5.43 Å². The van der Waals surface area contributed by atoms with Gasteiger partial charge in [0.05, 0.1) is 10.5 Å². The van der Waals surface area contributed by atoms with Crippen LogP contribution in [0.25, 0.3) is 0 Å². The Morgan fingerprint density at radius 2 is 1.81 bits per heavy atom. The number of halogens is 1. The molecule has 0 spiro atoms. The molecule has 1 aliphatic heterocycles. The number of hydrogen-bond donors (Lipinski definition) is 1. The van der Waals surface area contributed by atoms with Gasteiger partial charge in [-0.05, 0) is 37.4 Å². The third kappa shape index (κ3) is 5.20. The van der Waals surface area contributed by atoms with Gasteiger partial charge < -0.3 is 4.90 Å². The maximum atomic E-state index is 12.8. The molecule has 0 aromatic heterocycles. The predicted octanol–water partition coefficient (Wildman–Crippen LogP) is 3.29. The molecule has 142 valence electrons. The second-order valence-electron chi connectivity index (χ2n) is 6.22. The van der Waals surface area contributed by atoms with E-state index in [2.05, 4.69) is 10.3 Å². The van der Waals surface area contributed by atoms with Crippen molar-refractivity contribution < 1.29 is 9.72 Å². The predicted molar refractivity (Wildman–Crippen MR) is 105 cm³/mol. The van der Waals surface area contributed by atoms with E-state index in [1.807, 2.05) is 24.2 Å². The molecule has 0 radical (unpaired) electrons. The number of carbonyl (C=O) groups excluding carboxylic acids is 1. The fourth-order valence-corrected chi connectivity index (χ4v) is 3.70. The first-order valence-corrected chi connectivity index (χ1v) is 9.58. The molecule has 1 aliphatic rings. The van der Waals surface area contributed by atoms with Crippen molar-refractivity contribution in [2.24, 2.45) is 0 Å². The number of nitro groups is 1. The summed E-state index contributed by atoms with van der Waals surface area (Å²) >= 11 is 7.28. The number of hydrazine groups is 1. The van der Waals surface area contributed by atoms with Crippen LogP contribution in [0, 0.1) is 10.1 Å². The van der Waals surface area contributed by atoms with Gasteiger partial charge in [0.2, 0.25) is 0 Å². The molecule has 7 nitrogen and oxygen atoms in total. The van der Waals surface area contributed by atoms with E-state index in [0.29, 0.717) is 23.0 Å². The summed E-state index contributed by atoms with van der Waals surface area (Å²) in [6, 6.07) is 11.6. The van der Waals surface area contributed by atoms with Crippen LogP contribution in [-0.4, -0.2) is 54.0 Å². The van der Waals surface area contributed by atoms with Crippen LogP contribution in [0.3, 0.4) is 0 Å². The van der Waals surface area contributed by atoms with Gasteiger partial charge >= 0.3 is 0 Å². The van der Waals surface area contributed by atoms with Crippen molar-refractivity contribution in [3.05, 3.63) is 63.2 Å².